The Balaban J connectivity index is 1.51. The van der Waals surface area contributed by atoms with E-state index in [1.165, 1.54) is 24.3 Å². The molecule has 2 aromatic carbocycles. The number of aromatic nitrogens is 4. The van der Waals surface area contributed by atoms with Gasteiger partial charge in [-0.1, -0.05) is 0 Å². The number of carbonyl (C=O) groups excluding carboxylic acids is 1. The zero-order valence-corrected chi connectivity index (χ0v) is 18.5. The Kier molecular flexibility index (Phi) is 5.70. The van der Waals surface area contributed by atoms with Crippen LogP contribution >= 0.6 is 11.6 Å². The Morgan fingerprint density at radius 2 is 2.09 bits per heavy atom. The van der Waals surface area contributed by atoms with Crippen molar-refractivity contribution >= 4 is 34.2 Å². The molecular weight excluding hydrogens is 468 g/mol. The van der Waals surface area contributed by atoms with Crippen molar-refractivity contribution in [3.63, 3.8) is 0 Å². The van der Waals surface area contributed by atoms with Crippen LogP contribution in [0.3, 0.4) is 0 Å². The fourth-order valence-electron chi connectivity index (χ4n) is 4.33. The lowest BCUT2D eigenvalue weighted by molar-refractivity contribution is -0.0964. The number of hydrogen-bond donors (Lipinski definition) is 3. The number of aryl methyl sites for hydroxylation is 1. The number of anilines is 1. The summed E-state index contributed by atoms with van der Waals surface area (Å²) in [6.45, 7) is -0.00151. The predicted octanol–water partition coefficient (Wildman–Crippen LogP) is 4.72. The monoisotopic (exact) mass is 487 g/mol. The normalized spacial score (nSPS) is 15.8. The molecule has 8 nitrogen and oxygen atoms in total. The highest BCUT2D eigenvalue weighted by Crippen LogP contribution is 2.36. The molecule has 0 unspecified atom stereocenters. The highest BCUT2D eigenvalue weighted by Gasteiger charge is 2.28. The molecule has 0 aliphatic carbocycles. The number of alkyl halides is 3. The third-order valence-electron chi connectivity index (χ3n) is 5.77. The van der Waals surface area contributed by atoms with E-state index in [9.17, 15) is 18.7 Å². The van der Waals surface area contributed by atoms with Crippen LogP contribution in [0.25, 0.3) is 22.3 Å². The van der Waals surface area contributed by atoms with E-state index in [-0.39, 0.29) is 18.4 Å². The van der Waals surface area contributed by atoms with Gasteiger partial charge in [-0.25, -0.2) is 4.98 Å². The lowest BCUT2D eigenvalue weighted by Gasteiger charge is -2.25. The highest BCUT2D eigenvalue weighted by molar-refractivity contribution is 6.20. The largest absolute Gasteiger partial charge is 0.487 e. The SMILES string of the molecule is O=C(Nc1ccc(OC(F)(F)Cl)cc1)c1cc(-c2ccn[nH]2)c2c(c1)nc1n2[C@H](CO)CCC1. The van der Waals surface area contributed by atoms with E-state index in [0.29, 0.717) is 22.5 Å². The average Bonchev–Trinajstić information content (AvgIpc) is 3.46. The number of hydrogen-bond acceptors (Lipinski definition) is 5. The lowest BCUT2D eigenvalue weighted by Crippen LogP contribution is -2.21. The molecule has 3 heterocycles. The minimum atomic E-state index is -3.82. The summed E-state index contributed by atoms with van der Waals surface area (Å²) in [5, 5.41) is 19.7. The summed E-state index contributed by atoms with van der Waals surface area (Å²) in [6.07, 6.45) is 4.18. The van der Waals surface area contributed by atoms with E-state index in [1.807, 2.05) is 0 Å². The van der Waals surface area contributed by atoms with Crippen LogP contribution in [-0.4, -0.2) is 42.9 Å². The second-order valence-electron chi connectivity index (χ2n) is 8.01. The van der Waals surface area contributed by atoms with Crippen molar-refractivity contribution in [2.75, 3.05) is 11.9 Å². The third kappa shape index (κ3) is 4.34. The van der Waals surface area contributed by atoms with Crippen LogP contribution in [0.15, 0.2) is 48.7 Å². The molecule has 1 aliphatic rings. The molecule has 0 saturated heterocycles. The maximum Gasteiger partial charge on any atom is 0.487 e. The van der Waals surface area contributed by atoms with E-state index < -0.39 is 11.5 Å². The van der Waals surface area contributed by atoms with Crippen molar-refractivity contribution in [3.05, 3.63) is 60.0 Å². The number of halogens is 3. The van der Waals surface area contributed by atoms with Gasteiger partial charge in [-0.3, -0.25) is 9.89 Å². The number of H-pyrrole nitrogens is 1. The lowest BCUT2D eigenvalue weighted by atomic mass is 10.0. The molecule has 0 fully saturated rings. The summed E-state index contributed by atoms with van der Waals surface area (Å²) in [6, 6.07) is 10.6. The second kappa shape index (κ2) is 8.69. The molecule has 3 N–H and O–H groups in total. The number of ether oxygens (including phenoxy) is 1. The topological polar surface area (TPSA) is 105 Å². The molecular formula is C23H20ClF2N5O3. The van der Waals surface area contributed by atoms with Crippen molar-refractivity contribution in [1.29, 1.82) is 0 Å². The number of nitrogens with one attached hydrogen (secondary N) is 2. The zero-order chi connectivity index (χ0) is 23.9. The van der Waals surface area contributed by atoms with E-state index in [4.69, 9.17) is 16.6 Å². The molecule has 4 aromatic rings. The molecule has 0 radical (unpaired) electrons. The number of benzene rings is 2. The van der Waals surface area contributed by atoms with Gasteiger partial charge in [-0.2, -0.15) is 5.10 Å². The Labute approximate surface area is 197 Å². The zero-order valence-electron chi connectivity index (χ0n) is 17.8. The van der Waals surface area contributed by atoms with E-state index >= 15 is 0 Å². The second-order valence-corrected chi connectivity index (χ2v) is 8.45. The Hall–Kier alpha value is -3.50. The van der Waals surface area contributed by atoms with Crippen molar-refractivity contribution in [3.8, 4) is 17.0 Å². The summed E-state index contributed by atoms with van der Waals surface area (Å²) >= 11 is 4.78. The number of carbonyl (C=O) groups is 1. The maximum absolute atomic E-state index is 13.1. The number of rotatable bonds is 6. The number of aliphatic hydroxyl groups excluding tert-OH is 1. The van der Waals surface area contributed by atoms with E-state index in [1.54, 1.807) is 24.4 Å². The third-order valence-corrected chi connectivity index (χ3v) is 5.85. The van der Waals surface area contributed by atoms with Crippen molar-refractivity contribution in [2.45, 2.75) is 30.9 Å². The number of aliphatic hydroxyl groups is 1. The van der Waals surface area contributed by atoms with Crippen molar-refractivity contribution < 1.29 is 23.4 Å². The minimum Gasteiger partial charge on any atom is -0.420 e. The van der Waals surface area contributed by atoms with Crippen molar-refractivity contribution in [1.82, 2.24) is 19.7 Å². The number of nitrogens with zero attached hydrogens (tertiary/aromatic N) is 3. The Bertz CT molecular complexity index is 1330. The van der Waals surface area contributed by atoms with E-state index in [0.717, 1.165) is 36.2 Å². The first-order valence-electron chi connectivity index (χ1n) is 10.6. The molecule has 34 heavy (non-hydrogen) atoms. The fraction of sp³-hybridized carbons (Fsp3) is 0.261. The van der Waals surface area contributed by atoms with Gasteiger partial charge in [0.2, 0.25) is 0 Å². The molecule has 2 aromatic heterocycles. The van der Waals surface area contributed by atoms with Crippen molar-refractivity contribution in [2.24, 2.45) is 0 Å². The highest BCUT2D eigenvalue weighted by atomic mass is 35.5. The van der Waals surface area contributed by atoms with Crippen LogP contribution in [-0.2, 0) is 6.42 Å². The van der Waals surface area contributed by atoms with Gasteiger partial charge in [0, 0.05) is 41.0 Å². The number of imidazole rings is 1. The molecule has 11 heteroatoms. The fourth-order valence-corrected chi connectivity index (χ4v) is 4.42. The van der Waals surface area contributed by atoms with Gasteiger partial charge in [-0.05, 0) is 55.3 Å². The molecule has 0 bridgehead atoms. The molecule has 176 valence electrons. The van der Waals surface area contributed by atoms with Gasteiger partial charge in [0.1, 0.15) is 11.6 Å². The summed E-state index contributed by atoms with van der Waals surface area (Å²) in [4.78, 5) is 17.8. The average molecular weight is 488 g/mol. The maximum atomic E-state index is 13.1. The number of aromatic amines is 1. The summed E-state index contributed by atoms with van der Waals surface area (Å²) in [5.74, 6) is 0.331. The molecule has 0 spiro atoms. The molecule has 5 rings (SSSR count). The van der Waals surface area contributed by atoms with Gasteiger partial charge in [0.25, 0.3) is 5.91 Å². The van der Waals surface area contributed by atoms with Crippen LogP contribution in [0, 0.1) is 0 Å². The number of fused-ring (bicyclic) bond motifs is 3. The van der Waals surface area contributed by atoms with Gasteiger partial charge in [0.05, 0.1) is 29.4 Å². The number of amides is 1. The molecule has 1 atom stereocenters. The van der Waals surface area contributed by atoms with Gasteiger partial charge in [0.15, 0.2) is 0 Å². The smallest absolute Gasteiger partial charge is 0.420 e. The molecule has 1 aliphatic heterocycles. The van der Waals surface area contributed by atoms with Gasteiger partial charge >= 0.3 is 5.57 Å². The van der Waals surface area contributed by atoms with Crippen LogP contribution in [0.4, 0.5) is 14.5 Å². The Morgan fingerprint density at radius 3 is 2.76 bits per heavy atom. The first kappa shape index (κ1) is 22.3. The Morgan fingerprint density at radius 1 is 1.29 bits per heavy atom. The quantitative estimate of drug-likeness (QED) is 0.341. The first-order chi connectivity index (χ1) is 16.3. The summed E-state index contributed by atoms with van der Waals surface area (Å²) in [7, 11) is 0. The van der Waals surface area contributed by atoms with Crippen LogP contribution in [0.1, 0.15) is 35.1 Å². The van der Waals surface area contributed by atoms with E-state index in [2.05, 4.69) is 24.8 Å². The van der Waals surface area contributed by atoms with Crippen LogP contribution in [0.2, 0.25) is 0 Å². The molecule has 0 saturated carbocycles. The predicted molar refractivity (Wildman–Crippen MR) is 122 cm³/mol. The standard InChI is InChI=1S/C23H20ClF2N5O3/c24-23(25,26)34-16-6-4-14(5-7-16)28-22(33)13-10-17(18-8-9-27-30-18)21-19(11-13)29-20-3-1-2-15(12-32)31(20)21/h4-11,15,32H,1-3,12H2,(H,27,30)(H,28,33)/t15-/m0/s1. The van der Waals surface area contributed by atoms with Gasteiger partial charge < -0.3 is 19.7 Å². The van der Waals surface area contributed by atoms with Crippen LogP contribution in [0.5, 0.6) is 5.75 Å². The first-order valence-corrected chi connectivity index (χ1v) is 11.0. The molecule has 1 amide bonds. The summed E-state index contributed by atoms with van der Waals surface area (Å²) in [5.41, 5.74) is -0.134. The van der Waals surface area contributed by atoms with Crippen LogP contribution < -0.4 is 10.1 Å². The van der Waals surface area contributed by atoms with Gasteiger partial charge in [-0.15, -0.1) is 8.78 Å². The minimum absolute atomic E-state index is 0.00151. The summed E-state index contributed by atoms with van der Waals surface area (Å²) < 4.78 is 31.9.